The monoisotopic (exact) mass is 306 g/mol. The van der Waals surface area contributed by atoms with Gasteiger partial charge in [-0.05, 0) is 18.9 Å². The highest BCUT2D eigenvalue weighted by Crippen LogP contribution is 2.14. The van der Waals surface area contributed by atoms with Crippen LogP contribution >= 0.6 is 0 Å². The van der Waals surface area contributed by atoms with E-state index in [1.165, 1.54) is 7.11 Å². The third-order valence-corrected chi connectivity index (χ3v) is 3.70. The van der Waals surface area contributed by atoms with Gasteiger partial charge in [0.1, 0.15) is 5.54 Å². The van der Waals surface area contributed by atoms with Crippen molar-refractivity contribution in [3.8, 4) is 0 Å². The predicted octanol–water partition coefficient (Wildman–Crippen LogP) is 1.97. The van der Waals surface area contributed by atoms with Crippen molar-refractivity contribution in [2.45, 2.75) is 38.8 Å². The normalized spacial score (nSPS) is 13.3. The van der Waals surface area contributed by atoms with Crippen LogP contribution in [0.15, 0.2) is 30.3 Å². The molecule has 1 rings (SSSR count). The zero-order valence-corrected chi connectivity index (χ0v) is 13.9. The summed E-state index contributed by atoms with van der Waals surface area (Å²) in [5.41, 5.74) is 0.245. The van der Waals surface area contributed by atoms with Crippen LogP contribution in [0, 0.1) is 0 Å². The van der Waals surface area contributed by atoms with Crippen molar-refractivity contribution >= 4 is 11.9 Å². The number of carbonyl (C=O) groups excluding carboxylic acids is 2. The molecule has 1 aromatic carbocycles. The Morgan fingerprint density at radius 1 is 1.27 bits per heavy atom. The van der Waals surface area contributed by atoms with Gasteiger partial charge in [0.05, 0.1) is 13.7 Å². The number of amides is 1. The number of rotatable bonds is 8. The lowest BCUT2D eigenvalue weighted by molar-refractivity contribution is -0.148. The van der Waals surface area contributed by atoms with E-state index in [4.69, 9.17) is 4.74 Å². The first-order valence-electron chi connectivity index (χ1n) is 7.54. The third-order valence-electron chi connectivity index (χ3n) is 3.70. The molecular formula is C17H26N2O3. The van der Waals surface area contributed by atoms with E-state index in [1.807, 2.05) is 37.3 Å². The van der Waals surface area contributed by atoms with Gasteiger partial charge >= 0.3 is 5.97 Å². The molecule has 0 fully saturated rings. The quantitative estimate of drug-likeness (QED) is 0.746. The van der Waals surface area contributed by atoms with Crippen molar-refractivity contribution in [3.63, 3.8) is 0 Å². The van der Waals surface area contributed by atoms with Crippen LogP contribution in [-0.2, 0) is 20.9 Å². The number of benzene rings is 1. The summed E-state index contributed by atoms with van der Waals surface area (Å²) in [5, 5.41) is 3.05. The zero-order valence-electron chi connectivity index (χ0n) is 13.9. The van der Waals surface area contributed by atoms with E-state index < -0.39 is 5.54 Å². The molecule has 1 N–H and O–H groups in total. The van der Waals surface area contributed by atoms with Crippen LogP contribution in [0.2, 0.25) is 0 Å². The average molecular weight is 306 g/mol. The van der Waals surface area contributed by atoms with E-state index in [-0.39, 0.29) is 18.4 Å². The molecule has 5 nitrogen and oxygen atoms in total. The second-order valence-corrected chi connectivity index (χ2v) is 5.66. The van der Waals surface area contributed by atoms with Crippen molar-refractivity contribution in [1.29, 1.82) is 0 Å². The summed E-state index contributed by atoms with van der Waals surface area (Å²) in [6, 6.07) is 9.79. The van der Waals surface area contributed by atoms with E-state index in [9.17, 15) is 9.59 Å². The predicted molar refractivity (Wildman–Crippen MR) is 86.2 cm³/mol. The van der Waals surface area contributed by atoms with Gasteiger partial charge in [-0.2, -0.15) is 0 Å². The van der Waals surface area contributed by atoms with E-state index >= 15 is 0 Å². The molecule has 22 heavy (non-hydrogen) atoms. The molecule has 1 aromatic rings. The molecule has 1 amide bonds. The second-order valence-electron chi connectivity index (χ2n) is 5.66. The molecule has 1 atom stereocenters. The number of carbonyl (C=O) groups is 2. The molecule has 0 bridgehead atoms. The average Bonchev–Trinajstić information content (AvgIpc) is 2.53. The van der Waals surface area contributed by atoms with Gasteiger partial charge < -0.3 is 9.64 Å². The molecule has 0 unspecified atom stereocenters. The van der Waals surface area contributed by atoms with Gasteiger partial charge in [-0.15, -0.1) is 0 Å². The molecule has 0 saturated carbocycles. The van der Waals surface area contributed by atoms with Gasteiger partial charge in [-0.25, -0.2) is 0 Å². The lowest BCUT2D eigenvalue weighted by Gasteiger charge is -2.28. The zero-order chi connectivity index (χ0) is 16.6. The van der Waals surface area contributed by atoms with Crippen LogP contribution in [0.3, 0.4) is 0 Å². The molecule has 0 spiro atoms. The summed E-state index contributed by atoms with van der Waals surface area (Å²) in [6.45, 7) is 4.41. The fourth-order valence-corrected chi connectivity index (χ4v) is 2.34. The molecule has 0 aliphatic heterocycles. The number of ether oxygens (including phenoxy) is 1. The maximum absolute atomic E-state index is 12.2. The van der Waals surface area contributed by atoms with Gasteiger partial charge in [0, 0.05) is 13.6 Å². The smallest absolute Gasteiger partial charge is 0.325 e. The van der Waals surface area contributed by atoms with Gasteiger partial charge in [-0.1, -0.05) is 43.7 Å². The number of nitrogens with zero attached hydrogens (tertiary/aromatic N) is 1. The number of methoxy groups -OCH3 is 1. The second kappa shape index (κ2) is 8.54. The maximum Gasteiger partial charge on any atom is 0.325 e. The number of hydrogen-bond donors (Lipinski definition) is 1. The number of esters is 1. The lowest BCUT2D eigenvalue weighted by Crippen LogP contribution is -2.53. The Balaban J connectivity index is 2.57. The van der Waals surface area contributed by atoms with Crippen molar-refractivity contribution in [2.24, 2.45) is 0 Å². The summed E-state index contributed by atoms with van der Waals surface area (Å²) in [6.07, 6.45) is 1.45. The molecule has 122 valence electrons. The topological polar surface area (TPSA) is 58.6 Å². The first-order valence-corrected chi connectivity index (χ1v) is 7.54. The van der Waals surface area contributed by atoms with Crippen LogP contribution in [0.1, 0.15) is 32.3 Å². The molecule has 0 heterocycles. The molecule has 0 aliphatic rings. The standard InChI is InChI=1S/C17H26N2O3/c1-5-11-17(2,16(21)22-4)18-12-15(20)19(3)13-14-9-7-6-8-10-14/h6-10,18H,5,11-13H2,1-4H3/t17-/m0/s1. The minimum absolute atomic E-state index is 0.0601. The maximum atomic E-state index is 12.2. The summed E-state index contributed by atoms with van der Waals surface area (Å²) in [7, 11) is 3.12. The van der Waals surface area contributed by atoms with Gasteiger partial charge in [0.15, 0.2) is 0 Å². The SMILES string of the molecule is CCC[C@](C)(NCC(=O)N(C)Cc1ccccc1)C(=O)OC. The van der Waals surface area contributed by atoms with Crippen LogP contribution < -0.4 is 5.32 Å². The van der Waals surface area contributed by atoms with E-state index in [2.05, 4.69) is 5.32 Å². The van der Waals surface area contributed by atoms with Crippen LogP contribution in [0.5, 0.6) is 0 Å². The van der Waals surface area contributed by atoms with E-state index in [0.717, 1.165) is 12.0 Å². The first kappa shape index (κ1) is 18.2. The fraction of sp³-hybridized carbons (Fsp3) is 0.529. The number of nitrogens with one attached hydrogen (secondary N) is 1. The third kappa shape index (κ3) is 5.15. The van der Waals surface area contributed by atoms with Crippen molar-refractivity contribution in [2.75, 3.05) is 20.7 Å². The van der Waals surface area contributed by atoms with E-state index in [1.54, 1.807) is 18.9 Å². The molecule has 0 radical (unpaired) electrons. The summed E-state index contributed by atoms with van der Waals surface area (Å²) >= 11 is 0. The van der Waals surface area contributed by atoms with Crippen LogP contribution in [0.4, 0.5) is 0 Å². The van der Waals surface area contributed by atoms with Crippen LogP contribution in [0.25, 0.3) is 0 Å². The Morgan fingerprint density at radius 3 is 2.45 bits per heavy atom. The van der Waals surface area contributed by atoms with E-state index in [0.29, 0.717) is 13.0 Å². The summed E-state index contributed by atoms with van der Waals surface area (Å²) in [5.74, 6) is -0.400. The Morgan fingerprint density at radius 2 is 1.91 bits per heavy atom. The van der Waals surface area contributed by atoms with Crippen molar-refractivity contribution < 1.29 is 14.3 Å². The Kier molecular flexibility index (Phi) is 7.05. The molecule has 0 aliphatic carbocycles. The Bertz CT molecular complexity index is 490. The highest BCUT2D eigenvalue weighted by Gasteiger charge is 2.33. The van der Waals surface area contributed by atoms with Crippen LogP contribution in [-0.4, -0.2) is 43.0 Å². The summed E-state index contributed by atoms with van der Waals surface area (Å²) in [4.78, 5) is 25.8. The van der Waals surface area contributed by atoms with Gasteiger partial charge in [0.25, 0.3) is 0 Å². The molecule has 0 saturated heterocycles. The summed E-state index contributed by atoms with van der Waals surface area (Å²) < 4.78 is 4.83. The number of likely N-dealkylation sites (N-methyl/N-ethyl adjacent to an activating group) is 1. The fourth-order valence-electron chi connectivity index (χ4n) is 2.34. The van der Waals surface area contributed by atoms with Crippen molar-refractivity contribution in [3.05, 3.63) is 35.9 Å². The van der Waals surface area contributed by atoms with Gasteiger partial charge in [-0.3, -0.25) is 14.9 Å². The minimum atomic E-state index is -0.827. The largest absolute Gasteiger partial charge is 0.468 e. The lowest BCUT2D eigenvalue weighted by atomic mass is 9.96. The molecular weight excluding hydrogens is 280 g/mol. The van der Waals surface area contributed by atoms with Crippen molar-refractivity contribution in [1.82, 2.24) is 10.2 Å². The molecule has 5 heteroatoms. The minimum Gasteiger partial charge on any atom is -0.468 e. The molecule has 0 aromatic heterocycles. The Hall–Kier alpha value is -1.88. The Labute approximate surface area is 132 Å². The highest BCUT2D eigenvalue weighted by atomic mass is 16.5. The first-order chi connectivity index (χ1) is 10.4. The van der Waals surface area contributed by atoms with Gasteiger partial charge in [0.2, 0.25) is 5.91 Å². The number of hydrogen-bond acceptors (Lipinski definition) is 4. The highest BCUT2D eigenvalue weighted by molar-refractivity contribution is 5.83.